The Morgan fingerprint density at radius 1 is 1.00 bits per heavy atom. The summed E-state index contributed by atoms with van der Waals surface area (Å²) >= 11 is 0. The van der Waals surface area contributed by atoms with Gasteiger partial charge in [-0.2, -0.15) is 0 Å². The van der Waals surface area contributed by atoms with Crippen LogP contribution in [0.15, 0.2) is 4.99 Å². The van der Waals surface area contributed by atoms with E-state index in [1.54, 1.807) is 0 Å². The molecule has 0 aromatic rings. The van der Waals surface area contributed by atoms with Crippen LogP contribution in [0.4, 0.5) is 0 Å². The van der Waals surface area contributed by atoms with E-state index in [2.05, 4.69) is 39.3 Å². The van der Waals surface area contributed by atoms with Crippen molar-refractivity contribution in [2.75, 3.05) is 52.9 Å². The van der Waals surface area contributed by atoms with Gasteiger partial charge in [-0.1, -0.05) is 19.3 Å². The molecule has 7 heteroatoms. The number of rotatable bonds is 9. The van der Waals surface area contributed by atoms with E-state index in [9.17, 15) is 0 Å². The summed E-state index contributed by atoms with van der Waals surface area (Å²) in [5.74, 6) is 1.93. The average molecular weight is 550 g/mol. The smallest absolute Gasteiger partial charge is 0.191 e. The van der Waals surface area contributed by atoms with Gasteiger partial charge in [-0.05, 0) is 64.8 Å². The van der Waals surface area contributed by atoms with Crippen LogP contribution in [0.5, 0.6) is 0 Å². The van der Waals surface area contributed by atoms with Gasteiger partial charge in [-0.25, -0.2) is 0 Å². The third kappa shape index (κ3) is 9.72. The van der Waals surface area contributed by atoms with Gasteiger partial charge in [0.05, 0.1) is 12.7 Å². The zero-order chi connectivity index (χ0) is 21.2. The Hall–Kier alpha value is -0.120. The lowest BCUT2D eigenvalue weighted by Gasteiger charge is -2.34. The zero-order valence-corrected chi connectivity index (χ0v) is 22.6. The highest BCUT2D eigenvalue weighted by molar-refractivity contribution is 14.0. The molecule has 3 aliphatic rings. The second-order valence-electron chi connectivity index (χ2n) is 9.93. The van der Waals surface area contributed by atoms with E-state index in [0.29, 0.717) is 18.2 Å². The van der Waals surface area contributed by atoms with Crippen molar-refractivity contribution in [1.82, 2.24) is 20.4 Å². The fraction of sp³-hybridized carbons (Fsp3) is 0.958. The van der Waals surface area contributed by atoms with Crippen molar-refractivity contribution in [3.05, 3.63) is 0 Å². The average Bonchev–Trinajstić information content (AvgIpc) is 3.19. The van der Waals surface area contributed by atoms with E-state index in [1.165, 1.54) is 70.9 Å². The van der Waals surface area contributed by atoms with Gasteiger partial charge in [0.2, 0.25) is 0 Å². The molecule has 0 aromatic carbocycles. The number of ether oxygens (including phenoxy) is 1. The SMILES string of the molecule is CN=C(NCC1CCCN1CC1CCCCC1)NC1CCN(CCOC(C)C)CC1.I. The maximum Gasteiger partial charge on any atom is 0.191 e. The van der Waals surface area contributed by atoms with Crippen LogP contribution in [0.3, 0.4) is 0 Å². The molecule has 2 N–H and O–H groups in total. The summed E-state index contributed by atoms with van der Waals surface area (Å²) in [6, 6.07) is 1.20. The molecular weight excluding hydrogens is 501 g/mol. The Kier molecular flexibility index (Phi) is 13.0. The highest BCUT2D eigenvalue weighted by Crippen LogP contribution is 2.27. The maximum absolute atomic E-state index is 5.70. The van der Waals surface area contributed by atoms with Gasteiger partial charge in [-0.3, -0.25) is 9.89 Å². The highest BCUT2D eigenvalue weighted by atomic mass is 127. The van der Waals surface area contributed by atoms with Crippen LogP contribution in [0, 0.1) is 5.92 Å². The first-order valence-corrected chi connectivity index (χ1v) is 12.7. The van der Waals surface area contributed by atoms with Crippen LogP contribution in [0.2, 0.25) is 0 Å². The molecule has 1 unspecified atom stereocenters. The monoisotopic (exact) mass is 549 g/mol. The number of likely N-dealkylation sites (tertiary alicyclic amines) is 2. The largest absolute Gasteiger partial charge is 0.377 e. The standard InChI is InChI=1S/C24H47N5O.HI/c1-20(2)30-17-16-28-14-11-22(12-15-28)27-24(25-3)26-18-23-10-7-13-29(23)19-21-8-5-4-6-9-21;/h20-23H,4-19H2,1-3H3,(H2,25,26,27);1H. The van der Waals surface area contributed by atoms with Crippen molar-refractivity contribution in [2.24, 2.45) is 10.9 Å². The van der Waals surface area contributed by atoms with Crippen LogP contribution < -0.4 is 10.6 Å². The van der Waals surface area contributed by atoms with Gasteiger partial charge in [0, 0.05) is 51.9 Å². The Morgan fingerprint density at radius 2 is 1.74 bits per heavy atom. The number of piperidine rings is 1. The van der Waals surface area contributed by atoms with E-state index in [-0.39, 0.29) is 24.0 Å². The van der Waals surface area contributed by atoms with Crippen LogP contribution in [0.25, 0.3) is 0 Å². The van der Waals surface area contributed by atoms with Crippen molar-refractivity contribution >= 4 is 29.9 Å². The summed E-state index contributed by atoms with van der Waals surface area (Å²) in [5.41, 5.74) is 0. The number of halogens is 1. The van der Waals surface area contributed by atoms with Crippen molar-refractivity contribution < 1.29 is 4.74 Å². The molecule has 1 atom stereocenters. The third-order valence-corrected chi connectivity index (χ3v) is 7.23. The Balaban J connectivity index is 0.00000341. The summed E-state index contributed by atoms with van der Waals surface area (Å²) in [7, 11) is 1.90. The molecule has 0 spiro atoms. The molecule has 31 heavy (non-hydrogen) atoms. The molecular formula is C24H48IN5O. The minimum Gasteiger partial charge on any atom is -0.377 e. The molecule has 1 aliphatic carbocycles. The number of nitrogens with zero attached hydrogens (tertiary/aromatic N) is 3. The normalized spacial score (nSPS) is 25.0. The molecule has 3 fully saturated rings. The number of hydrogen-bond donors (Lipinski definition) is 2. The van der Waals surface area contributed by atoms with E-state index in [0.717, 1.165) is 44.7 Å². The Morgan fingerprint density at radius 3 is 2.42 bits per heavy atom. The molecule has 2 aliphatic heterocycles. The van der Waals surface area contributed by atoms with E-state index in [1.807, 2.05) is 7.05 Å². The first-order valence-electron chi connectivity index (χ1n) is 12.7. The summed E-state index contributed by atoms with van der Waals surface area (Å²) in [4.78, 5) is 9.80. The summed E-state index contributed by atoms with van der Waals surface area (Å²) in [6.07, 6.45) is 12.6. The maximum atomic E-state index is 5.70. The van der Waals surface area contributed by atoms with E-state index in [4.69, 9.17) is 4.74 Å². The molecule has 182 valence electrons. The van der Waals surface area contributed by atoms with Gasteiger partial charge in [0.15, 0.2) is 5.96 Å². The first kappa shape index (κ1) is 27.1. The second-order valence-corrected chi connectivity index (χ2v) is 9.93. The molecule has 2 heterocycles. The van der Waals surface area contributed by atoms with Crippen molar-refractivity contribution in [3.8, 4) is 0 Å². The van der Waals surface area contributed by atoms with Crippen molar-refractivity contribution in [2.45, 2.75) is 89.8 Å². The fourth-order valence-corrected chi connectivity index (χ4v) is 5.39. The molecule has 2 saturated heterocycles. The van der Waals surface area contributed by atoms with Crippen molar-refractivity contribution in [3.63, 3.8) is 0 Å². The lowest BCUT2D eigenvalue weighted by atomic mass is 9.89. The number of hydrogen-bond acceptors (Lipinski definition) is 4. The summed E-state index contributed by atoms with van der Waals surface area (Å²) < 4.78 is 5.70. The quantitative estimate of drug-likeness (QED) is 0.261. The van der Waals surface area contributed by atoms with Gasteiger partial charge in [-0.15, -0.1) is 24.0 Å². The second kappa shape index (κ2) is 14.9. The van der Waals surface area contributed by atoms with Gasteiger partial charge >= 0.3 is 0 Å². The predicted molar refractivity (Wildman–Crippen MR) is 142 cm³/mol. The van der Waals surface area contributed by atoms with Crippen LogP contribution in [-0.2, 0) is 4.74 Å². The molecule has 6 nitrogen and oxygen atoms in total. The van der Waals surface area contributed by atoms with E-state index < -0.39 is 0 Å². The summed E-state index contributed by atoms with van der Waals surface area (Å²) in [5, 5.41) is 7.33. The van der Waals surface area contributed by atoms with Gasteiger partial charge in [0.1, 0.15) is 0 Å². The predicted octanol–water partition coefficient (Wildman–Crippen LogP) is 3.70. The van der Waals surface area contributed by atoms with Crippen molar-refractivity contribution in [1.29, 1.82) is 0 Å². The van der Waals surface area contributed by atoms with Crippen LogP contribution in [0.1, 0.15) is 71.6 Å². The number of guanidine groups is 1. The molecule has 1 saturated carbocycles. The molecule has 3 rings (SSSR count). The Bertz CT molecular complexity index is 504. The number of nitrogens with one attached hydrogen (secondary N) is 2. The lowest BCUT2D eigenvalue weighted by molar-refractivity contribution is 0.0532. The highest BCUT2D eigenvalue weighted by Gasteiger charge is 2.28. The van der Waals surface area contributed by atoms with Gasteiger partial charge in [0.25, 0.3) is 0 Å². The van der Waals surface area contributed by atoms with E-state index >= 15 is 0 Å². The topological polar surface area (TPSA) is 52.1 Å². The van der Waals surface area contributed by atoms with Crippen LogP contribution >= 0.6 is 24.0 Å². The third-order valence-electron chi connectivity index (χ3n) is 7.23. The molecule has 0 bridgehead atoms. The minimum absolute atomic E-state index is 0. The van der Waals surface area contributed by atoms with Crippen LogP contribution in [-0.4, -0.2) is 86.9 Å². The lowest BCUT2D eigenvalue weighted by Crippen LogP contribution is -2.51. The zero-order valence-electron chi connectivity index (χ0n) is 20.3. The Labute approximate surface area is 208 Å². The molecule has 0 radical (unpaired) electrons. The van der Waals surface area contributed by atoms with Gasteiger partial charge < -0.3 is 20.3 Å². The molecule has 0 amide bonds. The fourth-order valence-electron chi connectivity index (χ4n) is 5.39. The molecule has 0 aromatic heterocycles. The summed E-state index contributed by atoms with van der Waals surface area (Å²) in [6.45, 7) is 12.0. The minimum atomic E-state index is 0. The number of aliphatic imine (C=N–C) groups is 1. The first-order chi connectivity index (χ1) is 14.6.